The summed E-state index contributed by atoms with van der Waals surface area (Å²) < 4.78 is 0. The summed E-state index contributed by atoms with van der Waals surface area (Å²) in [6.07, 6.45) is 6.84. The van der Waals surface area contributed by atoms with Crippen LogP contribution in [0.3, 0.4) is 0 Å². The molecule has 5 N–H and O–H groups in total. The van der Waals surface area contributed by atoms with Crippen molar-refractivity contribution in [1.29, 1.82) is 0 Å². The predicted molar refractivity (Wildman–Crippen MR) is 153 cm³/mol. The fraction of sp³-hybridized carbons (Fsp3) is 0.517. The number of hydrogen-bond acceptors (Lipinski definition) is 7. The Bertz CT molecular complexity index is 1190. The molecular weight excluding hydrogens is 478 g/mol. The lowest BCUT2D eigenvalue weighted by atomic mass is 9.89. The molecule has 2 aromatic rings. The van der Waals surface area contributed by atoms with Crippen LogP contribution in [-0.4, -0.2) is 65.5 Å². The maximum absolute atomic E-state index is 13.3. The lowest BCUT2D eigenvalue weighted by molar-refractivity contribution is -0.146. The number of aliphatic imine (C=N–C) groups is 1. The van der Waals surface area contributed by atoms with E-state index in [0.717, 1.165) is 49.0 Å². The molecule has 2 saturated heterocycles. The maximum atomic E-state index is 13.3. The van der Waals surface area contributed by atoms with E-state index in [1.165, 1.54) is 6.20 Å². The Hall–Kier alpha value is -3.46. The molecule has 204 valence electrons. The standard InChI is InChI=1S/C29H41N7O2/c1-5-20-11-23(14-33-27(20)31)34-28(37)29(38)36-16-18(2)6-9-26(36)21-7-8-22(25(30)12-21)13-32-24-10-19(3)15-35(4)17-24/h7-8,11-14,18-19,24,26H,5-6,9-10,15-17,30H2,1-4H3,(H2,31,33)(H,34,37)/t18-,19+,24+,26+/m0/s1. The molecule has 2 fully saturated rings. The number of pyridine rings is 1. The number of likely N-dealkylation sites (N-methyl/N-ethyl adjacent to an activating group) is 1. The number of nitrogen functional groups attached to an aromatic ring is 2. The number of nitrogens with one attached hydrogen (secondary N) is 1. The van der Waals surface area contributed by atoms with Crippen LogP contribution in [0.2, 0.25) is 0 Å². The first-order valence-corrected chi connectivity index (χ1v) is 13.6. The minimum Gasteiger partial charge on any atom is -0.398 e. The zero-order valence-electron chi connectivity index (χ0n) is 23.0. The van der Waals surface area contributed by atoms with Gasteiger partial charge in [-0.2, -0.15) is 0 Å². The summed E-state index contributed by atoms with van der Waals surface area (Å²) in [4.78, 5) is 39.3. The van der Waals surface area contributed by atoms with Crippen molar-refractivity contribution < 1.29 is 9.59 Å². The second kappa shape index (κ2) is 11.9. The SMILES string of the molecule is CCc1cc(NC(=O)C(=O)N2C[C@@H](C)CC[C@@H]2c2ccc(C=N[C@@H]3C[C@@H](C)CN(C)C3)c(N)c2)cnc1N. The van der Waals surface area contributed by atoms with E-state index in [2.05, 4.69) is 36.1 Å². The number of hydrogen-bond donors (Lipinski definition) is 3. The van der Waals surface area contributed by atoms with Gasteiger partial charge in [-0.25, -0.2) is 4.98 Å². The van der Waals surface area contributed by atoms with E-state index in [1.54, 1.807) is 11.0 Å². The van der Waals surface area contributed by atoms with Crippen molar-refractivity contribution in [3.63, 3.8) is 0 Å². The summed E-state index contributed by atoms with van der Waals surface area (Å²) in [5.74, 6) is 0.105. The van der Waals surface area contributed by atoms with Crippen LogP contribution >= 0.6 is 0 Å². The van der Waals surface area contributed by atoms with Gasteiger partial charge in [0.1, 0.15) is 5.82 Å². The van der Waals surface area contributed by atoms with E-state index in [1.807, 2.05) is 31.3 Å². The minimum absolute atomic E-state index is 0.221. The van der Waals surface area contributed by atoms with Gasteiger partial charge in [0.05, 0.1) is 24.0 Å². The zero-order chi connectivity index (χ0) is 27.4. The van der Waals surface area contributed by atoms with E-state index in [9.17, 15) is 9.59 Å². The highest BCUT2D eigenvalue weighted by atomic mass is 16.2. The summed E-state index contributed by atoms with van der Waals surface area (Å²) in [7, 11) is 2.13. The van der Waals surface area contributed by atoms with Crippen LogP contribution in [-0.2, 0) is 16.0 Å². The molecule has 0 spiro atoms. The van der Waals surface area contributed by atoms with Crippen LogP contribution < -0.4 is 16.8 Å². The van der Waals surface area contributed by atoms with Gasteiger partial charge in [0.2, 0.25) is 0 Å². The molecule has 2 aliphatic rings. The van der Waals surface area contributed by atoms with E-state index in [-0.39, 0.29) is 12.1 Å². The molecule has 9 heteroatoms. The highest BCUT2D eigenvalue weighted by molar-refractivity contribution is 6.39. The van der Waals surface area contributed by atoms with Gasteiger partial charge in [0, 0.05) is 37.1 Å². The van der Waals surface area contributed by atoms with Crippen molar-refractivity contribution in [2.24, 2.45) is 16.8 Å². The molecule has 4 rings (SSSR count). The fourth-order valence-electron chi connectivity index (χ4n) is 5.70. The number of anilines is 3. The predicted octanol–water partition coefficient (Wildman–Crippen LogP) is 3.51. The van der Waals surface area contributed by atoms with Gasteiger partial charge in [-0.1, -0.05) is 32.9 Å². The van der Waals surface area contributed by atoms with Crippen molar-refractivity contribution in [2.75, 3.05) is 43.5 Å². The topological polar surface area (TPSA) is 130 Å². The Morgan fingerprint density at radius 2 is 1.92 bits per heavy atom. The number of rotatable bonds is 5. The minimum atomic E-state index is -0.680. The number of amides is 2. The number of carbonyl (C=O) groups excluding carboxylic acids is 2. The highest BCUT2D eigenvalue weighted by Crippen LogP contribution is 2.35. The maximum Gasteiger partial charge on any atom is 0.313 e. The van der Waals surface area contributed by atoms with Gasteiger partial charge in [-0.05, 0) is 67.8 Å². The normalized spacial score (nSPS) is 24.5. The van der Waals surface area contributed by atoms with E-state index in [0.29, 0.717) is 42.0 Å². The van der Waals surface area contributed by atoms with Gasteiger partial charge in [-0.15, -0.1) is 0 Å². The number of aryl methyl sites for hydroxylation is 1. The van der Waals surface area contributed by atoms with Gasteiger partial charge in [0.25, 0.3) is 0 Å². The van der Waals surface area contributed by atoms with E-state index < -0.39 is 11.8 Å². The summed E-state index contributed by atoms with van der Waals surface area (Å²) in [6.45, 7) is 8.88. The van der Waals surface area contributed by atoms with Crippen molar-refractivity contribution in [1.82, 2.24) is 14.8 Å². The van der Waals surface area contributed by atoms with Crippen molar-refractivity contribution in [2.45, 2.75) is 58.5 Å². The summed E-state index contributed by atoms with van der Waals surface area (Å²) in [5, 5.41) is 2.71. The molecule has 0 saturated carbocycles. The Balaban J connectivity index is 1.49. The van der Waals surface area contributed by atoms with Crippen LogP contribution in [0.1, 0.15) is 62.8 Å². The first-order chi connectivity index (χ1) is 18.1. The average molecular weight is 520 g/mol. The van der Waals surface area contributed by atoms with Crippen LogP contribution in [0.15, 0.2) is 35.5 Å². The van der Waals surface area contributed by atoms with Crippen LogP contribution in [0, 0.1) is 11.8 Å². The van der Waals surface area contributed by atoms with E-state index in [4.69, 9.17) is 16.5 Å². The molecule has 9 nitrogen and oxygen atoms in total. The quantitative estimate of drug-likeness (QED) is 0.315. The van der Waals surface area contributed by atoms with Crippen molar-refractivity contribution in [3.8, 4) is 0 Å². The van der Waals surface area contributed by atoms with Crippen LogP contribution in [0.5, 0.6) is 0 Å². The molecule has 0 bridgehead atoms. The number of piperidine rings is 2. The largest absolute Gasteiger partial charge is 0.398 e. The van der Waals surface area contributed by atoms with Gasteiger partial charge < -0.3 is 26.6 Å². The lowest BCUT2D eigenvalue weighted by Gasteiger charge is -2.38. The van der Waals surface area contributed by atoms with Crippen LogP contribution in [0.4, 0.5) is 17.2 Å². The number of nitrogens with two attached hydrogens (primary N) is 2. The molecular formula is C29H41N7O2. The summed E-state index contributed by atoms with van der Waals surface area (Å²) >= 11 is 0. The smallest absolute Gasteiger partial charge is 0.313 e. The number of benzene rings is 1. The summed E-state index contributed by atoms with van der Waals surface area (Å²) in [6, 6.07) is 7.70. The first kappa shape index (κ1) is 27.6. The van der Waals surface area contributed by atoms with Crippen molar-refractivity contribution >= 4 is 35.2 Å². The van der Waals surface area contributed by atoms with E-state index >= 15 is 0 Å². The molecule has 0 radical (unpaired) electrons. The van der Waals surface area contributed by atoms with Gasteiger partial charge >= 0.3 is 11.8 Å². The van der Waals surface area contributed by atoms with Crippen molar-refractivity contribution in [3.05, 3.63) is 47.2 Å². The molecule has 0 aliphatic carbocycles. The fourth-order valence-corrected chi connectivity index (χ4v) is 5.70. The molecule has 3 heterocycles. The summed E-state index contributed by atoms with van der Waals surface area (Å²) in [5.41, 5.74) is 16.0. The third-order valence-corrected chi connectivity index (χ3v) is 7.65. The third-order valence-electron chi connectivity index (χ3n) is 7.65. The van der Waals surface area contributed by atoms with Gasteiger partial charge in [0.15, 0.2) is 0 Å². The van der Waals surface area contributed by atoms with Gasteiger partial charge in [-0.3, -0.25) is 14.6 Å². The number of aromatic nitrogens is 1. The number of nitrogens with zero attached hydrogens (tertiary/aromatic N) is 4. The lowest BCUT2D eigenvalue weighted by Crippen LogP contribution is -2.46. The monoisotopic (exact) mass is 519 g/mol. The third kappa shape index (κ3) is 6.51. The number of carbonyl (C=O) groups is 2. The second-order valence-corrected chi connectivity index (χ2v) is 11.1. The molecule has 38 heavy (non-hydrogen) atoms. The Morgan fingerprint density at radius 3 is 2.63 bits per heavy atom. The first-order valence-electron chi connectivity index (χ1n) is 13.6. The molecule has 0 unspecified atom stereocenters. The Labute approximate surface area is 225 Å². The zero-order valence-corrected chi connectivity index (χ0v) is 23.0. The molecule has 2 amide bonds. The molecule has 2 aliphatic heterocycles. The molecule has 4 atom stereocenters. The second-order valence-electron chi connectivity index (χ2n) is 11.1. The van der Waals surface area contributed by atoms with Crippen LogP contribution in [0.25, 0.3) is 0 Å². The average Bonchev–Trinajstić information content (AvgIpc) is 2.88. The molecule has 1 aromatic heterocycles. The molecule has 1 aromatic carbocycles. The Kier molecular flexibility index (Phi) is 8.66. The Morgan fingerprint density at radius 1 is 1.13 bits per heavy atom. The number of likely N-dealkylation sites (tertiary alicyclic amines) is 2. The highest BCUT2D eigenvalue weighted by Gasteiger charge is 2.34.